The van der Waals surface area contributed by atoms with Crippen molar-refractivity contribution in [1.29, 1.82) is 0 Å². The monoisotopic (exact) mass is 448 g/mol. The van der Waals surface area contributed by atoms with Gasteiger partial charge in [0.2, 0.25) is 5.91 Å². The summed E-state index contributed by atoms with van der Waals surface area (Å²) in [5, 5.41) is 6.26. The molecule has 4 amide bonds. The second kappa shape index (κ2) is 8.61. The smallest absolute Gasteiger partial charge is 0.325 e. The van der Waals surface area contributed by atoms with Gasteiger partial charge in [-0.2, -0.15) is 0 Å². The highest BCUT2D eigenvalue weighted by molar-refractivity contribution is 6.10. The average Bonchev–Trinajstić information content (AvgIpc) is 3.31. The first-order valence-corrected chi connectivity index (χ1v) is 11.0. The van der Waals surface area contributed by atoms with E-state index in [1.807, 2.05) is 42.5 Å². The van der Waals surface area contributed by atoms with Gasteiger partial charge in [-0.15, -0.1) is 0 Å². The molecule has 2 N–H and O–H groups in total. The van der Waals surface area contributed by atoms with Crippen LogP contribution in [0.15, 0.2) is 59.0 Å². The maximum Gasteiger partial charge on any atom is 0.325 e. The SMILES string of the molecule is CCN(c1ccc(NC(=O)CN2C(=O)NC(C)(c3cc4ccccc4o3)C2=O)cc1)C(C)C. The maximum absolute atomic E-state index is 13.1. The van der Waals surface area contributed by atoms with Gasteiger partial charge in [0.25, 0.3) is 5.91 Å². The Kier molecular flexibility index (Phi) is 5.84. The Labute approximate surface area is 192 Å². The molecule has 1 aliphatic heterocycles. The predicted octanol–water partition coefficient (Wildman–Crippen LogP) is 4.07. The minimum absolute atomic E-state index is 0.325. The summed E-state index contributed by atoms with van der Waals surface area (Å²) < 4.78 is 5.81. The zero-order chi connectivity index (χ0) is 23.8. The molecule has 1 atom stereocenters. The molecular formula is C25H28N4O4. The number of nitrogens with zero attached hydrogens (tertiary/aromatic N) is 2. The molecule has 1 saturated heterocycles. The van der Waals surface area contributed by atoms with E-state index in [1.54, 1.807) is 19.1 Å². The molecule has 0 aliphatic carbocycles. The fourth-order valence-corrected chi connectivity index (χ4v) is 4.16. The molecule has 0 spiro atoms. The Bertz CT molecular complexity index is 1170. The number of benzene rings is 2. The van der Waals surface area contributed by atoms with Crippen molar-refractivity contribution < 1.29 is 18.8 Å². The summed E-state index contributed by atoms with van der Waals surface area (Å²) in [6.45, 7) is 8.39. The van der Waals surface area contributed by atoms with Crippen LogP contribution in [0.25, 0.3) is 11.0 Å². The second-order valence-electron chi connectivity index (χ2n) is 8.57. The number of carbonyl (C=O) groups excluding carboxylic acids is 3. The Morgan fingerprint density at radius 1 is 1.15 bits per heavy atom. The summed E-state index contributed by atoms with van der Waals surface area (Å²) in [5.41, 5.74) is 0.893. The van der Waals surface area contributed by atoms with E-state index in [0.29, 0.717) is 23.1 Å². The number of fused-ring (bicyclic) bond motifs is 1. The van der Waals surface area contributed by atoms with Crippen LogP contribution in [-0.2, 0) is 15.1 Å². The van der Waals surface area contributed by atoms with Crippen molar-refractivity contribution in [2.45, 2.75) is 39.3 Å². The fourth-order valence-electron chi connectivity index (χ4n) is 4.16. The summed E-state index contributed by atoms with van der Waals surface area (Å²) >= 11 is 0. The molecule has 3 aromatic rings. The van der Waals surface area contributed by atoms with E-state index in [2.05, 4.69) is 36.3 Å². The first-order chi connectivity index (χ1) is 15.7. The Hall–Kier alpha value is -3.81. The molecular weight excluding hydrogens is 420 g/mol. The highest BCUT2D eigenvalue weighted by atomic mass is 16.3. The summed E-state index contributed by atoms with van der Waals surface area (Å²) in [6, 6.07) is 16.3. The van der Waals surface area contributed by atoms with Crippen LogP contribution < -0.4 is 15.5 Å². The number of hydrogen-bond acceptors (Lipinski definition) is 5. The van der Waals surface area contributed by atoms with Gasteiger partial charge in [-0.1, -0.05) is 18.2 Å². The molecule has 2 aromatic carbocycles. The molecule has 8 nitrogen and oxygen atoms in total. The lowest BCUT2D eigenvalue weighted by molar-refractivity contribution is -0.134. The highest BCUT2D eigenvalue weighted by Crippen LogP contribution is 2.33. The first kappa shape index (κ1) is 22.4. The molecule has 8 heteroatoms. The van der Waals surface area contributed by atoms with Crippen molar-refractivity contribution in [2.75, 3.05) is 23.3 Å². The van der Waals surface area contributed by atoms with Crippen molar-refractivity contribution in [3.63, 3.8) is 0 Å². The van der Waals surface area contributed by atoms with Crippen LogP contribution in [0.1, 0.15) is 33.5 Å². The van der Waals surface area contributed by atoms with Gasteiger partial charge in [0.1, 0.15) is 17.9 Å². The standard InChI is InChI=1S/C25H28N4O4/c1-5-28(16(2)3)19-12-10-18(11-13-19)26-22(30)15-29-23(31)25(4,27-24(29)32)21-14-17-8-6-7-9-20(17)33-21/h6-14,16H,5,15H2,1-4H3,(H,26,30)(H,27,32). The van der Waals surface area contributed by atoms with Crippen LogP contribution in [0.4, 0.5) is 16.2 Å². The van der Waals surface area contributed by atoms with Crippen molar-refractivity contribution in [1.82, 2.24) is 10.2 Å². The number of furan rings is 1. The van der Waals surface area contributed by atoms with E-state index in [1.165, 1.54) is 0 Å². The van der Waals surface area contributed by atoms with Gasteiger partial charge >= 0.3 is 6.03 Å². The molecule has 2 heterocycles. The summed E-state index contributed by atoms with van der Waals surface area (Å²) in [4.78, 5) is 41.4. The lowest BCUT2D eigenvalue weighted by Crippen LogP contribution is -2.41. The van der Waals surface area contributed by atoms with Crippen molar-refractivity contribution in [2.24, 2.45) is 0 Å². The molecule has 4 rings (SSSR count). The van der Waals surface area contributed by atoms with Crippen molar-refractivity contribution >= 4 is 40.2 Å². The summed E-state index contributed by atoms with van der Waals surface area (Å²) in [5.74, 6) is -0.671. The number of anilines is 2. The van der Waals surface area contributed by atoms with Crippen molar-refractivity contribution in [3.8, 4) is 0 Å². The van der Waals surface area contributed by atoms with Gasteiger partial charge in [-0.3, -0.25) is 14.5 Å². The second-order valence-corrected chi connectivity index (χ2v) is 8.57. The third-order valence-corrected chi connectivity index (χ3v) is 5.94. The number of carbonyl (C=O) groups is 3. The lowest BCUT2D eigenvalue weighted by atomic mass is 9.99. The van der Waals surface area contributed by atoms with E-state index < -0.39 is 29.9 Å². The first-order valence-electron chi connectivity index (χ1n) is 11.0. The van der Waals surface area contributed by atoms with Crippen LogP contribution >= 0.6 is 0 Å². The van der Waals surface area contributed by atoms with E-state index >= 15 is 0 Å². The minimum Gasteiger partial charge on any atom is -0.458 e. The number of urea groups is 1. The quantitative estimate of drug-likeness (QED) is 0.531. The largest absolute Gasteiger partial charge is 0.458 e. The molecule has 1 aromatic heterocycles. The number of para-hydroxylation sites is 1. The molecule has 33 heavy (non-hydrogen) atoms. The molecule has 0 bridgehead atoms. The Morgan fingerprint density at radius 3 is 2.48 bits per heavy atom. The molecule has 0 radical (unpaired) electrons. The third kappa shape index (κ3) is 4.16. The fraction of sp³-hybridized carbons (Fsp3) is 0.320. The maximum atomic E-state index is 13.1. The van der Waals surface area contributed by atoms with Gasteiger partial charge < -0.3 is 20.0 Å². The number of hydrogen-bond donors (Lipinski definition) is 2. The topological polar surface area (TPSA) is 94.9 Å². The van der Waals surface area contributed by atoms with E-state index in [9.17, 15) is 14.4 Å². The number of imide groups is 1. The third-order valence-electron chi connectivity index (χ3n) is 5.94. The van der Waals surface area contributed by atoms with E-state index in [-0.39, 0.29) is 0 Å². The molecule has 172 valence electrons. The average molecular weight is 449 g/mol. The van der Waals surface area contributed by atoms with Crippen molar-refractivity contribution in [3.05, 3.63) is 60.4 Å². The van der Waals surface area contributed by atoms with Gasteiger partial charge in [0.05, 0.1) is 0 Å². The molecule has 0 saturated carbocycles. The van der Waals surface area contributed by atoms with Gasteiger partial charge in [-0.25, -0.2) is 4.79 Å². The number of amides is 4. The zero-order valence-electron chi connectivity index (χ0n) is 19.2. The zero-order valence-corrected chi connectivity index (χ0v) is 19.2. The molecule has 1 unspecified atom stereocenters. The highest BCUT2D eigenvalue weighted by Gasteiger charge is 2.51. The van der Waals surface area contributed by atoms with Gasteiger partial charge in [0, 0.05) is 29.3 Å². The number of nitrogens with one attached hydrogen (secondary N) is 2. The number of rotatable bonds is 7. The Morgan fingerprint density at radius 2 is 1.85 bits per heavy atom. The van der Waals surface area contributed by atoms with Crippen LogP contribution in [0.5, 0.6) is 0 Å². The van der Waals surface area contributed by atoms with Crippen LogP contribution in [0, 0.1) is 0 Å². The molecule has 1 aliphatic rings. The van der Waals surface area contributed by atoms with Gasteiger partial charge in [0.15, 0.2) is 5.54 Å². The summed E-state index contributed by atoms with van der Waals surface area (Å²) in [6.07, 6.45) is 0. The Balaban J connectivity index is 1.45. The van der Waals surface area contributed by atoms with E-state index in [4.69, 9.17) is 4.42 Å². The van der Waals surface area contributed by atoms with Crippen LogP contribution in [-0.4, -0.2) is 41.9 Å². The van der Waals surface area contributed by atoms with Crippen LogP contribution in [0.2, 0.25) is 0 Å². The van der Waals surface area contributed by atoms with E-state index in [0.717, 1.165) is 22.5 Å². The minimum atomic E-state index is -1.38. The van der Waals surface area contributed by atoms with Gasteiger partial charge in [-0.05, 0) is 64.1 Å². The normalized spacial score (nSPS) is 18.2. The summed E-state index contributed by atoms with van der Waals surface area (Å²) in [7, 11) is 0. The predicted molar refractivity (Wildman–Crippen MR) is 127 cm³/mol. The van der Waals surface area contributed by atoms with Crippen LogP contribution in [0.3, 0.4) is 0 Å². The lowest BCUT2D eigenvalue weighted by Gasteiger charge is -2.27. The molecule has 1 fully saturated rings.